The second kappa shape index (κ2) is 6.64. The summed E-state index contributed by atoms with van der Waals surface area (Å²) >= 11 is 0. The smallest absolute Gasteiger partial charge is 0.0341 e. The Labute approximate surface area is 82.1 Å². The van der Waals surface area contributed by atoms with Crippen molar-refractivity contribution >= 4 is 5.71 Å². The van der Waals surface area contributed by atoms with Crippen LogP contribution in [0.2, 0.25) is 0 Å². The van der Waals surface area contributed by atoms with Crippen LogP contribution in [-0.2, 0) is 0 Å². The number of allylic oxidation sites excluding steroid dienone is 4. The molecule has 0 aliphatic carbocycles. The minimum Gasteiger partial charge on any atom is -0.305 e. The highest BCUT2D eigenvalue weighted by molar-refractivity contribution is 5.94. The van der Waals surface area contributed by atoms with Crippen molar-refractivity contribution in [2.45, 2.75) is 40.5 Å². The third kappa shape index (κ3) is 5.40. The van der Waals surface area contributed by atoms with Crippen molar-refractivity contribution in [1.82, 2.24) is 0 Å². The number of hydrogen-bond acceptors (Lipinski definition) is 1. The van der Waals surface area contributed by atoms with Gasteiger partial charge in [0.15, 0.2) is 0 Å². The summed E-state index contributed by atoms with van der Waals surface area (Å²) in [4.78, 5) is 0. The van der Waals surface area contributed by atoms with Crippen molar-refractivity contribution in [1.29, 1.82) is 5.41 Å². The van der Waals surface area contributed by atoms with E-state index >= 15 is 0 Å². The second-order valence-corrected chi connectivity index (χ2v) is 3.49. The van der Waals surface area contributed by atoms with E-state index in [2.05, 4.69) is 33.8 Å². The molecule has 1 nitrogen and oxygen atoms in total. The van der Waals surface area contributed by atoms with Gasteiger partial charge in [0.1, 0.15) is 0 Å². The average molecular weight is 179 g/mol. The minimum atomic E-state index is 0.381. The van der Waals surface area contributed by atoms with E-state index in [9.17, 15) is 0 Å². The Morgan fingerprint density at radius 2 is 2.00 bits per heavy atom. The van der Waals surface area contributed by atoms with Gasteiger partial charge in [0, 0.05) is 5.71 Å². The van der Waals surface area contributed by atoms with Crippen LogP contribution in [0, 0.1) is 11.3 Å². The van der Waals surface area contributed by atoms with E-state index in [1.54, 1.807) is 0 Å². The first-order valence-corrected chi connectivity index (χ1v) is 5.04. The summed E-state index contributed by atoms with van der Waals surface area (Å²) in [5, 5.41) is 7.68. The monoisotopic (exact) mass is 179 g/mol. The first-order valence-electron chi connectivity index (χ1n) is 5.04. The zero-order chi connectivity index (χ0) is 10.3. The molecule has 0 amide bonds. The van der Waals surface area contributed by atoms with E-state index in [0.29, 0.717) is 5.92 Å². The maximum Gasteiger partial charge on any atom is 0.0341 e. The third-order valence-corrected chi connectivity index (χ3v) is 2.36. The fourth-order valence-electron chi connectivity index (χ4n) is 0.818. The van der Waals surface area contributed by atoms with Gasteiger partial charge >= 0.3 is 0 Å². The fraction of sp³-hybridized carbons (Fsp3) is 0.583. The van der Waals surface area contributed by atoms with Crippen molar-refractivity contribution in [2.75, 3.05) is 0 Å². The number of hydrogen-bond donors (Lipinski definition) is 1. The topological polar surface area (TPSA) is 23.9 Å². The summed E-state index contributed by atoms with van der Waals surface area (Å²) in [6.07, 6.45) is 8.08. The molecule has 1 atom stereocenters. The standard InChI is InChI=1S/C12H21N/c1-5-10(3)8-7-9-12(13)11(4)6-2/h7-9,11,13H,5-6H2,1-4H3/b9-7-,10-8+,13-12?. The van der Waals surface area contributed by atoms with Crippen molar-refractivity contribution < 1.29 is 0 Å². The molecule has 1 heteroatoms. The summed E-state index contributed by atoms with van der Waals surface area (Å²) in [5.41, 5.74) is 2.08. The van der Waals surface area contributed by atoms with E-state index in [1.165, 1.54) is 5.57 Å². The van der Waals surface area contributed by atoms with Crippen LogP contribution >= 0.6 is 0 Å². The quantitative estimate of drug-likeness (QED) is 0.488. The summed E-state index contributed by atoms with van der Waals surface area (Å²) in [5.74, 6) is 0.381. The van der Waals surface area contributed by atoms with Crippen LogP contribution in [0.4, 0.5) is 0 Å². The molecule has 13 heavy (non-hydrogen) atoms. The lowest BCUT2D eigenvalue weighted by molar-refractivity contribution is 0.738. The zero-order valence-electron chi connectivity index (χ0n) is 9.22. The van der Waals surface area contributed by atoms with Crippen LogP contribution in [0.15, 0.2) is 23.8 Å². The lowest BCUT2D eigenvalue weighted by Gasteiger charge is -2.04. The van der Waals surface area contributed by atoms with Gasteiger partial charge in [0.2, 0.25) is 0 Å². The largest absolute Gasteiger partial charge is 0.305 e. The van der Waals surface area contributed by atoms with E-state index in [4.69, 9.17) is 5.41 Å². The first-order chi connectivity index (χ1) is 6.11. The Morgan fingerprint density at radius 1 is 1.38 bits per heavy atom. The molecule has 0 radical (unpaired) electrons. The molecular formula is C12H21N. The molecule has 0 aliphatic rings. The highest BCUT2D eigenvalue weighted by Crippen LogP contribution is 2.04. The van der Waals surface area contributed by atoms with Gasteiger partial charge in [-0.15, -0.1) is 0 Å². The van der Waals surface area contributed by atoms with Crippen LogP contribution in [0.5, 0.6) is 0 Å². The lowest BCUT2D eigenvalue weighted by atomic mass is 10.0. The molecule has 0 saturated carbocycles. The normalized spacial score (nSPS) is 14.9. The Bertz CT molecular complexity index is 211. The molecule has 0 aliphatic heterocycles. The fourth-order valence-corrected chi connectivity index (χ4v) is 0.818. The van der Waals surface area contributed by atoms with Gasteiger partial charge in [-0.05, 0) is 31.8 Å². The Hall–Kier alpha value is -0.850. The van der Waals surface area contributed by atoms with E-state index in [-0.39, 0.29) is 0 Å². The Morgan fingerprint density at radius 3 is 2.46 bits per heavy atom. The summed E-state index contributed by atoms with van der Waals surface area (Å²) in [6, 6.07) is 0. The van der Waals surface area contributed by atoms with Crippen LogP contribution in [0.25, 0.3) is 0 Å². The van der Waals surface area contributed by atoms with Gasteiger partial charge in [-0.25, -0.2) is 0 Å². The van der Waals surface area contributed by atoms with Crippen LogP contribution < -0.4 is 0 Å². The van der Waals surface area contributed by atoms with Crippen LogP contribution in [0.1, 0.15) is 40.5 Å². The molecule has 0 rings (SSSR count). The molecule has 74 valence electrons. The van der Waals surface area contributed by atoms with Gasteiger partial charge in [-0.2, -0.15) is 0 Å². The molecular weight excluding hydrogens is 158 g/mol. The molecule has 0 aromatic carbocycles. The highest BCUT2D eigenvalue weighted by atomic mass is 14.4. The van der Waals surface area contributed by atoms with Crippen molar-refractivity contribution in [3.05, 3.63) is 23.8 Å². The second-order valence-electron chi connectivity index (χ2n) is 3.49. The van der Waals surface area contributed by atoms with Crippen molar-refractivity contribution in [2.24, 2.45) is 5.92 Å². The van der Waals surface area contributed by atoms with Crippen molar-refractivity contribution in [3.63, 3.8) is 0 Å². The molecule has 0 fully saturated rings. The molecule has 0 spiro atoms. The Balaban J connectivity index is 4.05. The lowest BCUT2D eigenvalue weighted by Crippen LogP contribution is -2.04. The van der Waals surface area contributed by atoms with Gasteiger partial charge in [-0.1, -0.05) is 38.5 Å². The molecule has 1 N–H and O–H groups in total. The molecule has 0 heterocycles. The number of nitrogens with one attached hydrogen (secondary N) is 1. The summed E-state index contributed by atoms with van der Waals surface area (Å²) < 4.78 is 0. The predicted molar refractivity (Wildman–Crippen MR) is 60.4 cm³/mol. The molecule has 0 saturated heterocycles. The zero-order valence-corrected chi connectivity index (χ0v) is 9.22. The van der Waals surface area contributed by atoms with Crippen LogP contribution in [-0.4, -0.2) is 5.71 Å². The van der Waals surface area contributed by atoms with E-state index in [1.807, 2.05) is 12.2 Å². The Kier molecular flexibility index (Phi) is 6.21. The SMILES string of the molecule is CC/C(C)=C/C=C\C(=N)C(C)CC. The first kappa shape index (κ1) is 12.2. The summed E-state index contributed by atoms with van der Waals surface area (Å²) in [7, 11) is 0. The number of rotatable bonds is 5. The molecule has 0 bridgehead atoms. The molecule has 0 aromatic heterocycles. The van der Waals surface area contributed by atoms with Gasteiger partial charge in [-0.3, -0.25) is 0 Å². The molecule has 0 aromatic rings. The summed E-state index contributed by atoms with van der Waals surface area (Å²) in [6.45, 7) is 8.44. The average Bonchev–Trinajstić information content (AvgIpc) is 2.15. The van der Waals surface area contributed by atoms with Gasteiger partial charge in [0.05, 0.1) is 0 Å². The maximum atomic E-state index is 7.68. The van der Waals surface area contributed by atoms with Crippen molar-refractivity contribution in [3.8, 4) is 0 Å². The third-order valence-electron chi connectivity index (χ3n) is 2.36. The van der Waals surface area contributed by atoms with Gasteiger partial charge in [0.25, 0.3) is 0 Å². The maximum absolute atomic E-state index is 7.68. The van der Waals surface area contributed by atoms with E-state index in [0.717, 1.165) is 18.6 Å². The van der Waals surface area contributed by atoms with Crippen LogP contribution in [0.3, 0.4) is 0 Å². The van der Waals surface area contributed by atoms with E-state index < -0.39 is 0 Å². The van der Waals surface area contributed by atoms with Gasteiger partial charge < -0.3 is 5.41 Å². The molecule has 1 unspecified atom stereocenters. The minimum absolute atomic E-state index is 0.381. The predicted octanol–water partition coefficient (Wildman–Crippen LogP) is 3.96. The highest BCUT2D eigenvalue weighted by Gasteiger charge is 2.00.